The summed E-state index contributed by atoms with van der Waals surface area (Å²) in [4.78, 5) is 0. The molecule has 1 N–H and O–H groups in total. The zero-order chi connectivity index (χ0) is 11.8. The van der Waals surface area contributed by atoms with Gasteiger partial charge in [0.1, 0.15) is 11.6 Å². The summed E-state index contributed by atoms with van der Waals surface area (Å²) in [6.07, 6.45) is 0. The molecule has 0 spiro atoms. The van der Waals surface area contributed by atoms with E-state index in [2.05, 4.69) is 25.2 Å². The lowest BCUT2D eigenvalue weighted by Gasteiger charge is -2.11. The summed E-state index contributed by atoms with van der Waals surface area (Å²) in [5.74, 6) is 0.528. The molecule has 0 aromatic heterocycles. The van der Waals surface area contributed by atoms with Gasteiger partial charge in [-0.25, -0.2) is 0 Å². The van der Waals surface area contributed by atoms with Gasteiger partial charge in [0.15, 0.2) is 0 Å². The first kappa shape index (κ1) is 13.9. The van der Waals surface area contributed by atoms with Gasteiger partial charge in [0.25, 0.3) is 0 Å². The van der Waals surface area contributed by atoms with Crippen LogP contribution < -0.4 is 5.32 Å². The topological polar surface area (TPSA) is 45.0 Å². The highest BCUT2D eigenvalue weighted by Gasteiger charge is 2.09. The van der Waals surface area contributed by atoms with Crippen molar-refractivity contribution in [1.29, 1.82) is 5.26 Å². The Balaban J connectivity index is 4.54. The molecule has 0 bridgehead atoms. The third-order valence-electron chi connectivity index (χ3n) is 1.74. The molecule has 0 rings (SSSR count). The first-order chi connectivity index (χ1) is 7.02. The second kappa shape index (κ2) is 7.24. The van der Waals surface area contributed by atoms with E-state index < -0.39 is 0 Å². The van der Waals surface area contributed by atoms with Gasteiger partial charge >= 0.3 is 0 Å². The summed E-state index contributed by atoms with van der Waals surface area (Å²) in [5, 5.41) is 12.4. The molecule has 0 fully saturated rings. The molecule has 0 aromatic rings. The molecule has 0 aliphatic heterocycles. The molecule has 84 valence electrons. The minimum atomic E-state index is 0.272. The largest absolute Gasteiger partial charge is 0.483 e. The maximum atomic E-state index is 8.94. The molecule has 0 amide bonds. The van der Waals surface area contributed by atoms with E-state index in [9.17, 15) is 0 Å². The third-order valence-corrected chi connectivity index (χ3v) is 2.06. The Labute approximate surface area is 97.1 Å². The van der Waals surface area contributed by atoms with Crippen molar-refractivity contribution in [2.75, 3.05) is 13.2 Å². The van der Waals surface area contributed by atoms with Crippen LogP contribution in [-0.4, -0.2) is 18.2 Å². The van der Waals surface area contributed by atoms with Crippen LogP contribution in [0.5, 0.6) is 0 Å². The fourth-order valence-corrected chi connectivity index (χ4v) is 1.25. The quantitative estimate of drug-likeness (QED) is 0.444. The van der Waals surface area contributed by atoms with Gasteiger partial charge in [-0.05, 0) is 32.0 Å². The lowest BCUT2D eigenvalue weighted by molar-refractivity contribution is 0.337. The summed E-state index contributed by atoms with van der Waals surface area (Å²) < 4.78 is 5.13. The Morgan fingerprint density at radius 2 is 2.13 bits per heavy atom. The van der Waals surface area contributed by atoms with Crippen LogP contribution in [0, 0.1) is 17.2 Å². The molecular weight excluding hydrogens is 208 g/mol. The minimum Gasteiger partial charge on any atom is -0.483 e. The van der Waals surface area contributed by atoms with Gasteiger partial charge in [-0.15, -0.1) is 0 Å². The zero-order valence-electron chi connectivity index (χ0n) is 9.76. The van der Waals surface area contributed by atoms with E-state index in [0.29, 0.717) is 18.1 Å². The van der Waals surface area contributed by atoms with Crippen LogP contribution in [0.25, 0.3) is 0 Å². The van der Waals surface area contributed by atoms with Crippen molar-refractivity contribution in [2.45, 2.75) is 27.7 Å². The molecule has 0 saturated carbocycles. The summed E-state index contributed by atoms with van der Waals surface area (Å²) in [5.41, 5.74) is 1.21. The first-order valence-electron chi connectivity index (χ1n) is 5.04. The lowest BCUT2D eigenvalue weighted by atomic mass is 10.2. The molecule has 0 aliphatic carbocycles. The molecule has 15 heavy (non-hydrogen) atoms. The van der Waals surface area contributed by atoms with Crippen molar-refractivity contribution in [2.24, 2.45) is 5.92 Å². The average molecular weight is 226 g/mol. The minimum absolute atomic E-state index is 0.272. The third kappa shape index (κ3) is 5.38. The Morgan fingerprint density at radius 1 is 1.53 bits per heavy atom. The molecule has 0 aliphatic rings. The van der Waals surface area contributed by atoms with E-state index in [1.807, 2.05) is 13.8 Å². The van der Waals surface area contributed by atoms with Gasteiger partial charge in [-0.3, -0.25) is 0 Å². The fraction of sp³-hybridized carbons (Fsp3) is 0.636. The van der Waals surface area contributed by atoms with Gasteiger partial charge in [-0.2, -0.15) is 5.26 Å². The number of nitrogens with one attached hydrogen (secondary N) is 1. The maximum absolute atomic E-state index is 8.94. The normalized spacial score (nSPS) is 11.7. The summed E-state index contributed by atoms with van der Waals surface area (Å²) in [6, 6.07) is 2.06. The molecule has 4 heteroatoms. The predicted octanol–water partition coefficient (Wildman–Crippen LogP) is 2.39. The first-order valence-corrected chi connectivity index (χ1v) is 5.45. The fourth-order valence-electron chi connectivity index (χ4n) is 0.931. The van der Waals surface area contributed by atoms with Crippen molar-refractivity contribution in [1.82, 2.24) is 5.32 Å². The highest BCUT2D eigenvalue weighted by Crippen LogP contribution is 2.05. The second-order valence-electron chi connectivity index (χ2n) is 3.61. The van der Waals surface area contributed by atoms with Gasteiger partial charge in [0.2, 0.25) is 5.05 Å². The molecule has 0 atom stereocenters. The molecular formula is C11H18N2OS. The average Bonchev–Trinajstić information content (AvgIpc) is 2.16. The molecule has 0 heterocycles. The molecule has 0 aromatic carbocycles. The molecule has 0 unspecified atom stereocenters. The highest BCUT2D eigenvalue weighted by molar-refractivity contribution is 7.80. The monoisotopic (exact) mass is 226 g/mol. The van der Waals surface area contributed by atoms with Gasteiger partial charge in [0, 0.05) is 12.2 Å². The molecule has 3 nitrogen and oxygen atoms in total. The van der Waals surface area contributed by atoms with Crippen molar-refractivity contribution >= 4 is 17.3 Å². The van der Waals surface area contributed by atoms with Gasteiger partial charge in [-0.1, -0.05) is 13.8 Å². The number of nitriles is 1. The van der Waals surface area contributed by atoms with Crippen molar-refractivity contribution < 1.29 is 4.74 Å². The van der Waals surface area contributed by atoms with E-state index in [-0.39, 0.29) is 5.05 Å². The highest BCUT2D eigenvalue weighted by atomic mass is 32.1. The van der Waals surface area contributed by atoms with Gasteiger partial charge < -0.3 is 10.1 Å². The van der Waals surface area contributed by atoms with Crippen molar-refractivity contribution in [3.63, 3.8) is 0 Å². The van der Waals surface area contributed by atoms with Crippen LogP contribution in [0.15, 0.2) is 11.3 Å². The van der Waals surface area contributed by atoms with Gasteiger partial charge in [0.05, 0.1) is 6.61 Å². The number of hydrogen-bond donors (Lipinski definition) is 1. The van der Waals surface area contributed by atoms with Crippen LogP contribution in [0.2, 0.25) is 0 Å². The lowest BCUT2D eigenvalue weighted by Crippen LogP contribution is -2.21. The number of rotatable bonds is 5. The zero-order valence-corrected chi connectivity index (χ0v) is 10.6. The Bertz CT molecular complexity index is 289. The Hall–Kier alpha value is -1.08. The van der Waals surface area contributed by atoms with Crippen LogP contribution in [0.3, 0.4) is 0 Å². The summed E-state index contributed by atoms with van der Waals surface area (Å²) >= 11 is 4.99. The summed E-state index contributed by atoms with van der Waals surface area (Å²) in [7, 11) is 0. The molecule has 0 radical (unpaired) electrons. The summed E-state index contributed by atoms with van der Waals surface area (Å²) in [6.45, 7) is 9.21. The van der Waals surface area contributed by atoms with Crippen molar-refractivity contribution in [3.05, 3.63) is 11.3 Å². The van der Waals surface area contributed by atoms with Crippen LogP contribution in [-0.2, 0) is 4.74 Å². The van der Waals surface area contributed by atoms with E-state index in [4.69, 9.17) is 22.2 Å². The van der Waals surface area contributed by atoms with Crippen molar-refractivity contribution in [3.8, 4) is 6.07 Å². The molecule has 0 saturated heterocycles. The van der Waals surface area contributed by atoms with Crippen LogP contribution in [0.4, 0.5) is 0 Å². The van der Waals surface area contributed by atoms with E-state index in [1.54, 1.807) is 0 Å². The standard InChI is InChI=1S/C11H18N2OS/c1-5-14-11(15)10(6-12)9(4)13-7-8(2)3/h8,13H,5,7H2,1-4H3. The van der Waals surface area contributed by atoms with Crippen LogP contribution in [0.1, 0.15) is 27.7 Å². The number of hydrogen-bond acceptors (Lipinski definition) is 4. The maximum Gasteiger partial charge on any atom is 0.203 e. The number of ether oxygens (including phenoxy) is 1. The number of thiocarbonyl (C=S) groups is 1. The SMILES string of the molecule is CCOC(=S)C(C#N)=C(C)NCC(C)C. The van der Waals surface area contributed by atoms with E-state index in [1.165, 1.54) is 0 Å². The Kier molecular flexibility index (Phi) is 6.72. The van der Waals surface area contributed by atoms with E-state index >= 15 is 0 Å². The predicted molar refractivity (Wildman–Crippen MR) is 65.4 cm³/mol. The van der Waals surface area contributed by atoms with E-state index in [0.717, 1.165) is 12.2 Å². The Morgan fingerprint density at radius 3 is 2.53 bits per heavy atom. The second-order valence-corrected chi connectivity index (χ2v) is 3.98. The van der Waals surface area contributed by atoms with Crippen LogP contribution >= 0.6 is 12.2 Å². The smallest absolute Gasteiger partial charge is 0.203 e. The number of allylic oxidation sites excluding steroid dienone is 1. The number of nitrogens with zero attached hydrogens (tertiary/aromatic N) is 1.